The van der Waals surface area contributed by atoms with E-state index in [0.717, 1.165) is 21.9 Å². The first kappa shape index (κ1) is 17.9. The number of benzene rings is 2. The lowest BCUT2D eigenvalue weighted by atomic mass is 10.1. The quantitative estimate of drug-likeness (QED) is 0.757. The van der Waals surface area contributed by atoms with Gasteiger partial charge in [0.1, 0.15) is 4.91 Å². The van der Waals surface area contributed by atoms with Crippen LogP contribution in [0, 0.1) is 12.3 Å². The van der Waals surface area contributed by atoms with Gasteiger partial charge in [-0.3, -0.25) is 15.1 Å². The van der Waals surface area contributed by atoms with Crippen LogP contribution in [0.2, 0.25) is 0 Å². The van der Waals surface area contributed by atoms with Crippen molar-refractivity contribution in [1.82, 2.24) is 9.80 Å². The molecule has 0 unspecified atom stereocenters. The second kappa shape index (κ2) is 7.29. The smallest absolute Gasteiger partial charge is 0.269 e. The maximum absolute atomic E-state index is 13.0. The van der Waals surface area contributed by atoms with E-state index in [1.165, 1.54) is 17.3 Å². The third-order valence-corrected chi connectivity index (χ3v) is 6.71. The summed E-state index contributed by atoms with van der Waals surface area (Å²) in [7, 11) is 1.98. The predicted molar refractivity (Wildman–Crippen MR) is 114 cm³/mol. The van der Waals surface area contributed by atoms with E-state index in [2.05, 4.69) is 41.5 Å². The number of aryl methyl sites for hydroxylation is 1. The highest BCUT2D eigenvalue weighted by Gasteiger charge is 2.37. The Labute approximate surface area is 167 Å². The molecule has 27 heavy (non-hydrogen) atoms. The third kappa shape index (κ3) is 3.42. The number of nitrogens with zero attached hydrogens (tertiary/aromatic N) is 2. The van der Waals surface area contributed by atoms with Crippen molar-refractivity contribution in [3.05, 3.63) is 86.6 Å². The van der Waals surface area contributed by atoms with E-state index >= 15 is 0 Å². The summed E-state index contributed by atoms with van der Waals surface area (Å²) >= 11 is 2.79. The van der Waals surface area contributed by atoms with Crippen molar-refractivity contribution in [2.45, 2.75) is 13.5 Å². The number of carbonyl (C=O) groups is 1. The Morgan fingerprint density at radius 1 is 1.04 bits per heavy atom. The Hall–Kier alpha value is -2.44. The molecule has 2 aromatic carbocycles. The van der Waals surface area contributed by atoms with Gasteiger partial charge >= 0.3 is 0 Å². The van der Waals surface area contributed by atoms with Crippen LogP contribution in [0.3, 0.4) is 0 Å². The predicted octanol–water partition coefficient (Wildman–Crippen LogP) is 4.85. The standard InChI is InChI=1S/C21H19N3OS2/c1-14-8-10-16(11-9-14)17-13-26-20(23(17)2)18-19(25)24(21(22)27-18)12-15-6-4-3-5-7-15/h3-11,13,22H,12H2,1-2H3/b20-18-,22-21?. The lowest BCUT2D eigenvalue weighted by Gasteiger charge is -2.19. The SMILES string of the molecule is Cc1ccc(C2=CS/C(=C3\SC(=N)N(Cc4ccccc4)C3=O)N2C)cc1. The van der Waals surface area contributed by atoms with Gasteiger partial charge in [0, 0.05) is 12.5 Å². The van der Waals surface area contributed by atoms with E-state index in [9.17, 15) is 4.79 Å². The third-order valence-electron chi connectivity index (χ3n) is 4.56. The summed E-state index contributed by atoms with van der Waals surface area (Å²) in [6.07, 6.45) is 0. The van der Waals surface area contributed by atoms with E-state index in [0.29, 0.717) is 11.4 Å². The number of hydrogen-bond donors (Lipinski definition) is 1. The van der Waals surface area contributed by atoms with Crippen LogP contribution in [0.1, 0.15) is 16.7 Å². The van der Waals surface area contributed by atoms with Crippen LogP contribution in [0.4, 0.5) is 0 Å². The second-order valence-corrected chi connectivity index (χ2v) is 8.32. The summed E-state index contributed by atoms with van der Waals surface area (Å²) in [5.74, 6) is -0.0956. The van der Waals surface area contributed by atoms with E-state index < -0.39 is 0 Å². The molecule has 6 heteroatoms. The zero-order valence-electron chi connectivity index (χ0n) is 15.1. The summed E-state index contributed by atoms with van der Waals surface area (Å²) < 4.78 is 0. The molecular formula is C21H19N3OS2. The molecular weight excluding hydrogens is 374 g/mol. The highest BCUT2D eigenvalue weighted by Crippen LogP contribution is 2.45. The van der Waals surface area contributed by atoms with Gasteiger partial charge in [0.15, 0.2) is 5.17 Å². The van der Waals surface area contributed by atoms with Gasteiger partial charge in [-0.25, -0.2) is 0 Å². The van der Waals surface area contributed by atoms with Crippen molar-refractivity contribution in [1.29, 1.82) is 5.41 Å². The van der Waals surface area contributed by atoms with Gasteiger partial charge in [0.25, 0.3) is 5.91 Å². The normalized spacial score (nSPS) is 19.9. The number of carbonyl (C=O) groups excluding carboxylic acids is 1. The highest BCUT2D eigenvalue weighted by molar-refractivity contribution is 8.19. The fraction of sp³-hybridized carbons (Fsp3) is 0.143. The molecule has 2 aliphatic heterocycles. The molecule has 0 aromatic heterocycles. The molecule has 2 aliphatic rings. The van der Waals surface area contributed by atoms with E-state index in [1.807, 2.05) is 37.4 Å². The first-order valence-corrected chi connectivity index (χ1v) is 10.3. The van der Waals surface area contributed by atoms with Crippen molar-refractivity contribution in [2.75, 3.05) is 7.05 Å². The summed E-state index contributed by atoms with van der Waals surface area (Å²) in [5.41, 5.74) is 4.44. The second-order valence-electron chi connectivity index (χ2n) is 6.46. The summed E-state index contributed by atoms with van der Waals surface area (Å²) in [6, 6.07) is 18.2. The van der Waals surface area contributed by atoms with E-state index in [-0.39, 0.29) is 11.1 Å². The Morgan fingerprint density at radius 3 is 2.44 bits per heavy atom. The van der Waals surface area contributed by atoms with Crippen molar-refractivity contribution in [3.8, 4) is 0 Å². The number of thioether (sulfide) groups is 2. The average molecular weight is 394 g/mol. The molecule has 0 saturated carbocycles. The minimum atomic E-state index is -0.0956. The Balaban J connectivity index is 1.58. The first-order chi connectivity index (χ1) is 13.0. The summed E-state index contributed by atoms with van der Waals surface area (Å²) in [4.78, 5) is 17.2. The van der Waals surface area contributed by atoms with Gasteiger partial charge in [-0.15, -0.1) is 0 Å². The lowest BCUT2D eigenvalue weighted by Crippen LogP contribution is -2.28. The molecule has 1 fully saturated rings. The zero-order chi connectivity index (χ0) is 19.0. The fourth-order valence-corrected chi connectivity index (χ4v) is 5.14. The monoisotopic (exact) mass is 393 g/mol. The Kier molecular flexibility index (Phi) is 4.85. The molecule has 0 atom stereocenters. The van der Waals surface area contributed by atoms with Crippen molar-refractivity contribution in [2.24, 2.45) is 0 Å². The topological polar surface area (TPSA) is 47.4 Å². The molecule has 2 aromatic rings. The van der Waals surface area contributed by atoms with Crippen molar-refractivity contribution >= 4 is 40.3 Å². The van der Waals surface area contributed by atoms with Crippen LogP contribution < -0.4 is 0 Å². The van der Waals surface area contributed by atoms with Crippen LogP contribution >= 0.6 is 23.5 Å². The molecule has 4 nitrogen and oxygen atoms in total. The van der Waals surface area contributed by atoms with E-state index in [4.69, 9.17) is 5.41 Å². The Morgan fingerprint density at radius 2 is 1.74 bits per heavy atom. The lowest BCUT2D eigenvalue weighted by molar-refractivity contribution is -0.122. The molecule has 0 bridgehead atoms. The van der Waals surface area contributed by atoms with Crippen LogP contribution in [0.5, 0.6) is 0 Å². The van der Waals surface area contributed by atoms with Gasteiger partial charge in [-0.05, 0) is 29.8 Å². The van der Waals surface area contributed by atoms with Gasteiger partial charge in [-0.2, -0.15) is 0 Å². The van der Waals surface area contributed by atoms with Gasteiger partial charge in [-0.1, -0.05) is 71.9 Å². The maximum Gasteiger partial charge on any atom is 0.269 e. The summed E-state index contributed by atoms with van der Waals surface area (Å²) in [5, 5.41) is 11.5. The fourth-order valence-electron chi connectivity index (χ4n) is 3.03. The number of nitrogens with one attached hydrogen (secondary N) is 1. The van der Waals surface area contributed by atoms with Gasteiger partial charge in [0.05, 0.1) is 17.3 Å². The Bertz CT molecular complexity index is 965. The summed E-state index contributed by atoms with van der Waals surface area (Å²) in [6.45, 7) is 2.49. The largest absolute Gasteiger partial charge is 0.337 e. The van der Waals surface area contributed by atoms with Crippen molar-refractivity contribution in [3.63, 3.8) is 0 Å². The van der Waals surface area contributed by atoms with Crippen molar-refractivity contribution < 1.29 is 4.79 Å². The van der Waals surface area contributed by atoms with Gasteiger partial charge in [0.2, 0.25) is 0 Å². The zero-order valence-corrected chi connectivity index (χ0v) is 16.7. The molecule has 1 amide bonds. The molecule has 0 radical (unpaired) electrons. The van der Waals surface area contributed by atoms with E-state index in [1.54, 1.807) is 16.7 Å². The average Bonchev–Trinajstić information content (AvgIpc) is 3.18. The minimum Gasteiger partial charge on any atom is -0.337 e. The molecule has 1 saturated heterocycles. The number of rotatable bonds is 3. The number of amides is 1. The molecule has 4 rings (SSSR count). The number of hydrogen-bond acceptors (Lipinski definition) is 5. The maximum atomic E-state index is 13.0. The molecule has 136 valence electrons. The van der Waals surface area contributed by atoms with Gasteiger partial charge < -0.3 is 4.90 Å². The van der Waals surface area contributed by atoms with Crippen LogP contribution in [-0.4, -0.2) is 27.9 Å². The van der Waals surface area contributed by atoms with Crippen LogP contribution in [-0.2, 0) is 11.3 Å². The molecule has 0 spiro atoms. The highest BCUT2D eigenvalue weighted by atomic mass is 32.2. The number of amidine groups is 1. The molecule has 2 heterocycles. The molecule has 0 aliphatic carbocycles. The van der Waals surface area contributed by atoms with Crippen LogP contribution in [0.15, 0.2) is 69.9 Å². The van der Waals surface area contributed by atoms with Crippen LogP contribution in [0.25, 0.3) is 5.70 Å². The molecule has 1 N–H and O–H groups in total. The first-order valence-electron chi connectivity index (χ1n) is 8.58. The minimum absolute atomic E-state index is 0.0956.